The predicted molar refractivity (Wildman–Crippen MR) is 121 cm³/mol. The maximum Gasteiger partial charge on any atom is 0.309 e. The number of hydrogen-bond donors (Lipinski definition) is 4. The monoisotopic (exact) mass is 452 g/mol. The van der Waals surface area contributed by atoms with E-state index in [1.165, 1.54) is 0 Å². The van der Waals surface area contributed by atoms with Gasteiger partial charge < -0.3 is 25.2 Å². The van der Waals surface area contributed by atoms with E-state index in [9.17, 15) is 25.2 Å². The second kappa shape index (κ2) is 7.93. The van der Waals surface area contributed by atoms with Gasteiger partial charge in [-0.3, -0.25) is 4.79 Å². The molecule has 0 bridgehead atoms. The lowest BCUT2D eigenvalue weighted by atomic mass is 9.42. The fourth-order valence-electron chi connectivity index (χ4n) is 8.46. The molecule has 0 aromatic rings. The molecule has 11 atom stereocenters. The number of carbonyl (C=O) groups excluding carboxylic acids is 1. The van der Waals surface area contributed by atoms with Crippen LogP contribution in [0.1, 0.15) is 92.4 Å². The molecular weight excluding hydrogens is 408 g/mol. The Morgan fingerprint density at radius 2 is 1.69 bits per heavy atom. The van der Waals surface area contributed by atoms with Crippen LogP contribution in [0.2, 0.25) is 0 Å². The summed E-state index contributed by atoms with van der Waals surface area (Å²) in [6, 6.07) is 0. The third kappa shape index (κ3) is 3.08. The van der Waals surface area contributed by atoms with E-state index in [0.29, 0.717) is 31.6 Å². The number of rotatable bonds is 4. The molecule has 6 nitrogen and oxygen atoms in total. The second-order valence-electron chi connectivity index (χ2n) is 12.1. The van der Waals surface area contributed by atoms with Crippen molar-refractivity contribution in [1.29, 1.82) is 0 Å². The standard InChI is InChI=1S/C26H44O6/c1-6-15(2)22(29)32-16(3)25(30)11-12-26(31)19-8-7-17-13-18(27)9-10-23(17,4)20(19)14-21(28)24(25,26)5/h15-21,27-28,30-31H,6-14H2,1-5H3/t15-,16-,17+,18+,19-,20+,21-,23+,24-,25-,26+/m1/s1. The molecule has 0 amide bonds. The third-order valence-electron chi connectivity index (χ3n) is 11.1. The lowest BCUT2D eigenvalue weighted by Crippen LogP contribution is -2.72. The van der Waals surface area contributed by atoms with Gasteiger partial charge in [0, 0.05) is 0 Å². The quantitative estimate of drug-likeness (QED) is 0.488. The van der Waals surface area contributed by atoms with Crippen molar-refractivity contribution in [3.8, 4) is 0 Å². The van der Waals surface area contributed by atoms with E-state index in [1.807, 2.05) is 20.8 Å². The number of carbonyl (C=O) groups is 1. The van der Waals surface area contributed by atoms with Crippen molar-refractivity contribution < 1.29 is 30.0 Å². The highest BCUT2D eigenvalue weighted by Crippen LogP contribution is 2.70. The zero-order chi connectivity index (χ0) is 23.7. The van der Waals surface area contributed by atoms with Crippen LogP contribution in [0.3, 0.4) is 0 Å². The van der Waals surface area contributed by atoms with Gasteiger partial charge in [0.2, 0.25) is 0 Å². The Morgan fingerprint density at radius 3 is 2.34 bits per heavy atom. The summed E-state index contributed by atoms with van der Waals surface area (Å²) in [5, 5.41) is 46.0. The average Bonchev–Trinajstić information content (AvgIpc) is 2.98. The van der Waals surface area contributed by atoms with Crippen molar-refractivity contribution in [3.05, 3.63) is 0 Å². The maximum absolute atomic E-state index is 12.5. The number of hydrogen-bond acceptors (Lipinski definition) is 6. The van der Waals surface area contributed by atoms with Crippen LogP contribution in [0.15, 0.2) is 0 Å². The molecule has 4 aliphatic rings. The highest BCUT2D eigenvalue weighted by Gasteiger charge is 2.76. The second-order valence-corrected chi connectivity index (χ2v) is 12.1. The molecule has 4 N–H and O–H groups in total. The van der Waals surface area contributed by atoms with Gasteiger partial charge in [0.15, 0.2) is 0 Å². The predicted octanol–water partition coefficient (Wildman–Crippen LogP) is 3.18. The highest BCUT2D eigenvalue weighted by molar-refractivity contribution is 5.72. The fourth-order valence-corrected chi connectivity index (χ4v) is 8.46. The van der Waals surface area contributed by atoms with Crippen LogP contribution in [0, 0.1) is 34.5 Å². The van der Waals surface area contributed by atoms with E-state index in [2.05, 4.69) is 6.92 Å². The van der Waals surface area contributed by atoms with Gasteiger partial charge >= 0.3 is 5.97 Å². The molecule has 0 saturated heterocycles. The van der Waals surface area contributed by atoms with Gasteiger partial charge in [0.1, 0.15) is 11.7 Å². The average molecular weight is 453 g/mol. The van der Waals surface area contributed by atoms with Crippen molar-refractivity contribution in [3.63, 3.8) is 0 Å². The first-order valence-corrected chi connectivity index (χ1v) is 12.9. The molecule has 6 heteroatoms. The van der Waals surface area contributed by atoms with Crippen LogP contribution in [-0.2, 0) is 9.53 Å². The summed E-state index contributed by atoms with van der Waals surface area (Å²) >= 11 is 0. The molecule has 0 aromatic heterocycles. The van der Waals surface area contributed by atoms with Crippen LogP contribution < -0.4 is 0 Å². The van der Waals surface area contributed by atoms with Crippen LogP contribution >= 0.6 is 0 Å². The summed E-state index contributed by atoms with van der Waals surface area (Å²) < 4.78 is 5.71. The summed E-state index contributed by atoms with van der Waals surface area (Å²) in [7, 11) is 0. The van der Waals surface area contributed by atoms with E-state index in [-0.39, 0.29) is 35.2 Å². The minimum absolute atomic E-state index is 0.0149. The van der Waals surface area contributed by atoms with E-state index in [1.54, 1.807) is 6.92 Å². The van der Waals surface area contributed by atoms with E-state index < -0.39 is 28.8 Å². The lowest BCUT2D eigenvalue weighted by Gasteiger charge is -2.65. The van der Waals surface area contributed by atoms with Gasteiger partial charge in [-0.2, -0.15) is 0 Å². The molecule has 4 fully saturated rings. The first kappa shape index (κ1) is 24.4. The number of fused-ring (bicyclic) bond motifs is 5. The first-order chi connectivity index (χ1) is 14.8. The molecule has 0 heterocycles. The summed E-state index contributed by atoms with van der Waals surface area (Å²) in [6.07, 6.45) is 4.21. The smallest absolute Gasteiger partial charge is 0.309 e. The summed E-state index contributed by atoms with van der Waals surface area (Å²) in [4.78, 5) is 12.5. The minimum Gasteiger partial charge on any atom is -0.459 e. The fraction of sp³-hybridized carbons (Fsp3) is 0.962. The SMILES string of the molecule is CC[C@@H](C)C(=O)O[C@H](C)[C@]1(O)CC[C@]2(O)[C@@H]3CC[C@H]4C[C@@H](O)CC[C@]4(C)[C@H]3C[C@@H](O)[C@]12C. The molecule has 0 aliphatic heterocycles. The highest BCUT2D eigenvalue weighted by atomic mass is 16.6. The van der Waals surface area contributed by atoms with Gasteiger partial charge in [-0.05, 0) is 87.9 Å². The normalized spacial score (nSPS) is 52.3. The Hall–Kier alpha value is -0.690. The number of aliphatic hydroxyl groups is 4. The van der Waals surface area contributed by atoms with E-state index in [0.717, 1.165) is 32.1 Å². The van der Waals surface area contributed by atoms with Crippen molar-refractivity contribution >= 4 is 5.97 Å². The zero-order valence-corrected chi connectivity index (χ0v) is 20.5. The Bertz CT molecular complexity index is 742. The third-order valence-corrected chi connectivity index (χ3v) is 11.1. The molecule has 0 spiro atoms. The molecule has 4 rings (SSSR count). The van der Waals surface area contributed by atoms with Crippen LogP contribution in [0.25, 0.3) is 0 Å². The largest absolute Gasteiger partial charge is 0.459 e. The first-order valence-electron chi connectivity index (χ1n) is 12.9. The maximum atomic E-state index is 12.5. The molecule has 0 aromatic carbocycles. The minimum atomic E-state index is -1.49. The lowest BCUT2D eigenvalue weighted by molar-refractivity contribution is -0.288. The molecule has 32 heavy (non-hydrogen) atoms. The van der Waals surface area contributed by atoms with Gasteiger partial charge in [-0.25, -0.2) is 0 Å². The summed E-state index contributed by atoms with van der Waals surface area (Å²) in [5.41, 5.74) is -3.90. The number of aliphatic hydroxyl groups excluding tert-OH is 2. The summed E-state index contributed by atoms with van der Waals surface area (Å²) in [5.74, 6) is -0.0551. The van der Waals surface area contributed by atoms with Crippen LogP contribution in [0.4, 0.5) is 0 Å². The number of esters is 1. The zero-order valence-electron chi connectivity index (χ0n) is 20.5. The molecule has 4 saturated carbocycles. The van der Waals surface area contributed by atoms with Gasteiger partial charge in [0.25, 0.3) is 0 Å². The Labute approximate surface area is 192 Å². The molecule has 0 radical (unpaired) electrons. The molecular formula is C26H44O6. The Morgan fingerprint density at radius 1 is 1.00 bits per heavy atom. The molecule has 0 unspecified atom stereocenters. The van der Waals surface area contributed by atoms with Crippen LogP contribution in [-0.4, -0.2) is 55.9 Å². The summed E-state index contributed by atoms with van der Waals surface area (Å²) in [6.45, 7) is 9.54. The van der Waals surface area contributed by atoms with Crippen molar-refractivity contribution in [2.24, 2.45) is 34.5 Å². The van der Waals surface area contributed by atoms with Gasteiger partial charge in [-0.1, -0.05) is 27.7 Å². The number of ether oxygens (including phenoxy) is 1. The Kier molecular flexibility index (Phi) is 6.05. The molecule has 4 aliphatic carbocycles. The van der Waals surface area contributed by atoms with E-state index in [4.69, 9.17) is 4.74 Å². The van der Waals surface area contributed by atoms with Crippen molar-refractivity contribution in [2.75, 3.05) is 0 Å². The molecule has 184 valence electrons. The van der Waals surface area contributed by atoms with Gasteiger partial charge in [0.05, 0.1) is 29.1 Å². The topological polar surface area (TPSA) is 107 Å². The van der Waals surface area contributed by atoms with Crippen LogP contribution in [0.5, 0.6) is 0 Å². The Balaban J connectivity index is 1.65. The van der Waals surface area contributed by atoms with E-state index >= 15 is 0 Å². The van der Waals surface area contributed by atoms with Gasteiger partial charge in [-0.15, -0.1) is 0 Å². The van der Waals surface area contributed by atoms with Crippen molar-refractivity contribution in [1.82, 2.24) is 0 Å². The van der Waals surface area contributed by atoms with Crippen molar-refractivity contribution in [2.45, 2.75) is 122 Å².